The Morgan fingerprint density at radius 2 is 1.25 bits per heavy atom. The van der Waals surface area contributed by atoms with Gasteiger partial charge >= 0.3 is 0 Å². The van der Waals surface area contributed by atoms with Gasteiger partial charge in [0.15, 0.2) is 0 Å². The third kappa shape index (κ3) is 4.99. The molecular weight excluding hydrogens is 160 g/mol. The van der Waals surface area contributed by atoms with Crippen molar-refractivity contribution in [3.05, 3.63) is 36.8 Å². The predicted octanol–water partition coefficient (Wildman–Crippen LogP) is 0.916. The Balaban J connectivity index is 3.88. The van der Waals surface area contributed by atoms with Gasteiger partial charge in [-0.15, -0.1) is 0 Å². The van der Waals surface area contributed by atoms with E-state index in [9.17, 15) is 9.59 Å². The van der Waals surface area contributed by atoms with Crippen molar-refractivity contribution >= 4 is 12.9 Å². The second kappa shape index (κ2) is 5.91. The molecule has 0 unspecified atom stereocenters. The lowest BCUT2D eigenvalue weighted by Crippen LogP contribution is -1.85. The van der Waals surface area contributed by atoms with Gasteiger partial charge in [-0.3, -0.25) is 9.59 Å². The molecule has 0 amide bonds. The van der Waals surface area contributed by atoms with Crippen LogP contribution < -0.4 is 0 Å². The van der Waals surface area contributed by atoms with Crippen molar-refractivity contribution in [2.45, 2.75) is 0 Å². The standard InChI is InChI=1S/C8H8O4/c1-7(11-5-9)3-4-8(2)12-6-10/h3-6H,1-2H2/b4-3-. The van der Waals surface area contributed by atoms with Gasteiger partial charge in [-0.05, 0) is 12.2 Å². The molecule has 4 heteroatoms. The highest BCUT2D eigenvalue weighted by Gasteiger charge is 1.88. The van der Waals surface area contributed by atoms with Crippen molar-refractivity contribution in [2.24, 2.45) is 0 Å². The molecular formula is C8H8O4. The van der Waals surface area contributed by atoms with E-state index in [-0.39, 0.29) is 24.5 Å². The minimum atomic E-state index is 0.139. The topological polar surface area (TPSA) is 52.6 Å². The molecule has 4 nitrogen and oxygen atoms in total. The Hall–Kier alpha value is -1.84. The van der Waals surface area contributed by atoms with Crippen LogP contribution in [-0.4, -0.2) is 12.9 Å². The Labute approximate surface area is 69.8 Å². The summed E-state index contributed by atoms with van der Waals surface area (Å²) in [7, 11) is 0. The van der Waals surface area contributed by atoms with E-state index in [0.717, 1.165) is 0 Å². The molecule has 0 aromatic carbocycles. The van der Waals surface area contributed by atoms with Crippen LogP contribution in [0.3, 0.4) is 0 Å². The third-order valence-corrected chi connectivity index (χ3v) is 0.854. The summed E-state index contributed by atoms with van der Waals surface area (Å²) in [6.45, 7) is 7.19. The summed E-state index contributed by atoms with van der Waals surface area (Å²) in [5.41, 5.74) is 0. The predicted molar refractivity (Wildman–Crippen MR) is 41.7 cm³/mol. The number of ether oxygens (including phenoxy) is 2. The quantitative estimate of drug-likeness (QED) is 0.336. The number of carbonyl (C=O) groups excluding carboxylic acids is 2. The fourth-order valence-corrected chi connectivity index (χ4v) is 0.388. The maximum atomic E-state index is 9.76. The van der Waals surface area contributed by atoms with Gasteiger partial charge in [0.2, 0.25) is 0 Å². The first kappa shape index (κ1) is 10.2. The van der Waals surface area contributed by atoms with Crippen LogP contribution in [0.1, 0.15) is 0 Å². The number of rotatable bonds is 6. The first-order valence-electron chi connectivity index (χ1n) is 2.97. The number of allylic oxidation sites excluding steroid dienone is 2. The molecule has 0 aromatic heterocycles. The summed E-state index contributed by atoms with van der Waals surface area (Å²) in [4.78, 5) is 19.5. The van der Waals surface area contributed by atoms with Gasteiger partial charge in [-0.1, -0.05) is 13.2 Å². The lowest BCUT2D eigenvalue weighted by atomic mass is 10.4. The van der Waals surface area contributed by atoms with E-state index in [1.165, 1.54) is 12.2 Å². The van der Waals surface area contributed by atoms with E-state index < -0.39 is 0 Å². The largest absolute Gasteiger partial charge is 0.429 e. The molecule has 0 saturated heterocycles. The molecule has 0 N–H and O–H groups in total. The maximum absolute atomic E-state index is 9.76. The Kier molecular flexibility index (Phi) is 5.00. The molecule has 0 radical (unpaired) electrons. The molecule has 0 rings (SSSR count). The molecule has 0 bridgehead atoms. The monoisotopic (exact) mass is 168 g/mol. The molecule has 12 heavy (non-hydrogen) atoms. The molecule has 0 aliphatic rings. The minimum Gasteiger partial charge on any atom is -0.429 e. The summed E-state index contributed by atoms with van der Waals surface area (Å²) in [5.74, 6) is 0.279. The molecule has 0 aliphatic carbocycles. The van der Waals surface area contributed by atoms with Crippen LogP contribution in [-0.2, 0) is 19.1 Å². The second-order valence-corrected chi connectivity index (χ2v) is 1.69. The number of hydrogen-bond acceptors (Lipinski definition) is 4. The zero-order valence-electron chi connectivity index (χ0n) is 6.36. The average molecular weight is 168 g/mol. The average Bonchev–Trinajstić information content (AvgIpc) is 2.02. The molecule has 64 valence electrons. The van der Waals surface area contributed by atoms with E-state index in [1.54, 1.807) is 0 Å². The van der Waals surface area contributed by atoms with Crippen molar-refractivity contribution < 1.29 is 19.1 Å². The van der Waals surface area contributed by atoms with Gasteiger partial charge in [-0.25, -0.2) is 0 Å². The zero-order chi connectivity index (χ0) is 9.40. The van der Waals surface area contributed by atoms with E-state index in [0.29, 0.717) is 0 Å². The summed E-state index contributed by atoms with van der Waals surface area (Å²) in [6, 6.07) is 0. The SMILES string of the molecule is C=C(/C=C\C(=C)OC=O)OC=O. The van der Waals surface area contributed by atoms with E-state index >= 15 is 0 Å². The normalized spacial score (nSPS) is 9.00. The van der Waals surface area contributed by atoms with Crippen LogP contribution in [0.2, 0.25) is 0 Å². The smallest absolute Gasteiger partial charge is 0.298 e. The molecule has 0 aliphatic heterocycles. The summed E-state index contributed by atoms with van der Waals surface area (Å²) in [5, 5.41) is 0. The highest BCUT2D eigenvalue weighted by molar-refractivity contribution is 5.43. The molecule has 0 heterocycles. The highest BCUT2D eigenvalue weighted by atomic mass is 16.5. The van der Waals surface area contributed by atoms with Crippen LogP contribution in [0.4, 0.5) is 0 Å². The molecule has 0 aromatic rings. The van der Waals surface area contributed by atoms with Crippen molar-refractivity contribution in [3.8, 4) is 0 Å². The van der Waals surface area contributed by atoms with Gasteiger partial charge < -0.3 is 9.47 Å². The zero-order valence-corrected chi connectivity index (χ0v) is 6.36. The van der Waals surface area contributed by atoms with E-state index in [1.807, 2.05) is 0 Å². The number of hydrogen-bond donors (Lipinski definition) is 0. The van der Waals surface area contributed by atoms with E-state index in [4.69, 9.17) is 0 Å². The summed E-state index contributed by atoms with van der Waals surface area (Å²) < 4.78 is 8.65. The lowest BCUT2D eigenvalue weighted by Gasteiger charge is -1.95. The van der Waals surface area contributed by atoms with Crippen molar-refractivity contribution in [2.75, 3.05) is 0 Å². The number of carbonyl (C=O) groups is 2. The highest BCUT2D eigenvalue weighted by Crippen LogP contribution is 1.98. The molecule has 0 saturated carbocycles. The van der Waals surface area contributed by atoms with Crippen LogP contribution in [0, 0.1) is 0 Å². The maximum Gasteiger partial charge on any atom is 0.298 e. The Bertz CT molecular complexity index is 203. The van der Waals surface area contributed by atoms with E-state index in [2.05, 4.69) is 22.6 Å². The van der Waals surface area contributed by atoms with Crippen molar-refractivity contribution in [1.82, 2.24) is 0 Å². The molecule has 0 atom stereocenters. The molecule has 0 fully saturated rings. The second-order valence-electron chi connectivity index (χ2n) is 1.69. The first-order chi connectivity index (χ1) is 5.70. The van der Waals surface area contributed by atoms with Crippen LogP contribution in [0.25, 0.3) is 0 Å². The lowest BCUT2D eigenvalue weighted by molar-refractivity contribution is -0.125. The van der Waals surface area contributed by atoms with Gasteiger partial charge in [-0.2, -0.15) is 0 Å². The fraction of sp³-hybridized carbons (Fsp3) is 0. The van der Waals surface area contributed by atoms with Gasteiger partial charge in [0.1, 0.15) is 11.5 Å². The first-order valence-corrected chi connectivity index (χ1v) is 2.97. The van der Waals surface area contributed by atoms with Crippen LogP contribution in [0.15, 0.2) is 36.8 Å². The van der Waals surface area contributed by atoms with Crippen molar-refractivity contribution in [1.29, 1.82) is 0 Å². The fourth-order valence-electron chi connectivity index (χ4n) is 0.388. The van der Waals surface area contributed by atoms with Gasteiger partial charge in [0.05, 0.1) is 0 Å². The van der Waals surface area contributed by atoms with Crippen LogP contribution in [0.5, 0.6) is 0 Å². The summed E-state index contributed by atoms with van der Waals surface area (Å²) in [6.07, 6.45) is 2.69. The van der Waals surface area contributed by atoms with Gasteiger partial charge in [0.25, 0.3) is 12.9 Å². The van der Waals surface area contributed by atoms with Gasteiger partial charge in [0, 0.05) is 0 Å². The summed E-state index contributed by atoms with van der Waals surface area (Å²) >= 11 is 0. The van der Waals surface area contributed by atoms with Crippen molar-refractivity contribution in [3.63, 3.8) is 0 Å². The Morgan fingerprint density at radius 1 is 0.917 bits per heavy atom. The Morgan fingerprint density at radius 3 is 1.50 bits per heavy atom. The van der Waals surface area contributed by atoms with Crippen LogP contribution >= 0.6 is 0 Å². The third-order valence-electron chi connectivity index (χ3n) is 0.854. The minimum absolute atomic E-state index is 0.139. The molecule has 0 spiro atoms.